The fraction of sp³-hybridized carbons (Fsp3) is 0.750. The van der Waals surface area contributed by atoms with Crippen LogP contribution in [0.4, 0.5) is 11.6 Å². The van der Waals surface area contributed by atoms with Crippen molar-refractivity contribution in [1.82, 2.24) is 14.9 Å². The van der Waals surface area contributed by atoms with Crippen LogP contribution in [0.1, 0.15) is 45.9 Å². The maximum absolute atomic E-state index is 4.65. The van der Waals surface area contributed by atoms with E-state index in [0.717, 1.165) is 30.4 Å². The molecule has 0 fully saturated rings. The Labute approximate surface area is 129 Å². The molecule has 1 aromatic rings. The summed E-state index contributed by atoms with van der Waals surface area (Å²) in [5.74, 6) is 3.61. The molecule has 120 valence electrons. The SMILES string of the molecule is CNc1cc(NC(CC(C)C)CN(C)C)nc(C(C)C)n1. The number of likely N-dealkylation sites (N-methyl/N-ethyl adjacent to an activating group) is 1. The summed E-state index contributed by atoms with van der Waals surface area (Å²) in [6.07, 6.45) is 1.12. The molecule has 1 atom stereocenters. The standard InChI is InChI=1S/C16H31N5/c1-11(2)8-13(10-21(6)7)18-15-9-14(17-5)19-16(20-15)12(3)4/h9,11-13H,8,10H2,1-7H3,(H2,17,18,19,20). The molecule has 1 heterocycles. The van der Waals surface area contributed by atoms with E-state index < -0.39 is 0 Å². The Morgan fingerprint density at radius 1 is 1.10 bits per heavy atom. The van der Waals surface area contributed by atoms with Crippen molar-refractivity contribution in [1.29, 1.82) is 0 Å². The van der Waals surface area contributed by atoms with Crippen LogP contribution in [0.2, 0.25) is 0 Å². The minimum atomic E-state index is 0.316. The smallest absolute Gasteiger partial charge is 0.135 e. The fourth-order valence-corrected chi connectivity index (χ4v) is 2.32. The van der Waals surface area contributed by atoms with Gasteiger partial charge in [0, 0.05) is 31.6 Å². The second kappa shape index (κ2) is 8.17. The molecule has 0 bridgehead atoms. The fourth-order valence-electron chi connectivity index (χ4n) is 2.32. The average molecular weight is 293 g/mol. The predicted octanol–water partition coefficient (Wildman–Crippen LogP) is 3.03. The molecule has 0 saturated carbocycles. The quantitative estimate of drug-likeness (QED) is 0.771. The van der Waals surface area contributed by atoms with Gasteiger partial charge in [-0.2, -0.15) is 0 Å². The number of anilines is 2. The minimum Gasteiger partial charge on any atom is -0.373 e. The number of hydrogen-bond donors (Lipinski definition) is 2. The normalized spacial score (nSPS) is 13.0. The van der Waals surface area contributed by atoms with Gasteiger partial charge in [-0.15, -0.1) is 0 Å². The van der Waals surface area contributed by atoms with Crippen LogP contribution in [0.5, 0.6) is 0 Å². The number of nitrogens with one attached hydrogen (secondary N) is 2. The molecule has 1 unspecified atom stereocenters. The van der Waals surface area contributed by atoms with E-state index in [0.29, 0.717) is 17.9 Å². The largest absolute Gasteiger partial charge is 0.373 e. The predicted molar refractivity (Wildman–Crippen MR) is 91.1 cm³/mol. The Hall–Kier alpha value is -1.36. The molecular weight excluding hydrogens is 262 g/mol. The summed E-state index contributed by atoms with van der Waals surface area (Å²) in [5.41, 5.74) is 0. The molecule has 0 amide bonds. The lowest BCUT2D eigenvalue weighted by molar-refractivity contribution is 0.356. The van der Waals surface area contributed by atoms with Gasteiger partial charge in [-0.3, -0.25) is 0 Å². The first kappa shape index (κ1) is 17.7. The highest BCUT2D eigenvalue weighted by Gasteiger charge is 2.14. The van der Waals surface area contributed by atoms with Gasteiger partial charge in [0.1, 0.15) is 17.5 Å². The maximum atomic E-state index is 4.65. The van der Waals surface area contributed by atoms with E-state index in [1.165, 1.54) is 0 Å². The van der Waals surface area contributed by atoms with Gasteiger partial charge < -0.3 is 15.5 Å². The van der Waals surface area contributed by atoms with Crippen LogP contribution in [0, 0.1) is 5.92 Å². The topological polar surface area (TPSA) is 53.1 Å². The van der Waals surface area contributed by atoms with Crippen LogP contribution in [0.3, 0.4) is 0 Å². The lowest BCUT2D eigenvalue weighted by atomic mass is 10.0. The molecule has 5 nitrogen and oxygen atoms in total. The lowest BCUT2D eigenvalue weighted by Gasteiger charge is -2.25. The highest BCUT2D eigenvalue weighted by Crippen LogP contribution is 2.19. The number of hydrogen-bond acceptors (Lipinski definition) is 5. The highest BCUT2D eigenvalue weighted by atomic mass is 15.1. The number of nitrogens with zero attached hydrogens (tertiary/aromatic N) is 3. The van der Waals surface area contributed by atoms with Crippen molar-refractivity contribution >= 4 is 11.6 Å². The molecule has 0 aliphatic carbocycles. The van der Waals surface area contributed by atoms with E-state index in [9.17, 15) is 0 Å². The molecule has 0 aliphatic heterocycles. The van der Waals surface area contributed by atoms with E-state index in [1.54, 1.807) is 0 Å². The maximum Gasteiger partial charge on any atom is 0.135 e. The second-order valence-electron chi connectivity index (χ2n) is 6.63. The monoisotopic (exact) mass is 293 g/mol. The first-order valence-electron chi connectivity index (χ1n) is 7.79. The van der Waals surface area contributed by atoms with Gasteiger partial charge >= 0.3 is 0 Å². The van der Waals surface area contributed by atoms with Crippen molar-refractivity contribution in [3.8, 4) is 0 Å². The Kier molecular flexibility index (Phi) is 6.89. The van der Waals surface area contributed by atoms with E-state index in [2.05, 4.69) is 67.3 Å². The van der Waals surface area contributed by atoms with Gasteiger partial charge in [-0.25, -0.2) is 9.97 Å². The Morgan fingerprint density at radius 3 is 2.19 bits per heavy atom. The summed E-state index contributed by atoms with van der Waals surface area (Å²) in [4.78, 5) is 11.4. The van der Waals surface area contributed by atoms with Crippen LogP contribution >= 0.6 is 0 Å². The van der Waals surface area contributed by atoms with Crippen molar-refractivity contribution in [2.24, 2.45) is 5.92 Å². The zero-order chi connectivity index (χ0) is 16.0. The molecule has 1 rings (SSSR count). The summed E-state index contributed by atoms with van der Waals surface area (Å²) in [6.45, 7) is 9.73. The number of aromatic nitrogens is 2. The van der Waals surface area contributed by atoms with Gasteiger partial charge in [0.15, 0.2) is 0 Å². The zero-order valence-corrected chi connectivity index (χ0v) is 14.6. The lowest BCUT2D eigenvalue weighted by Crippen LogP contribution is -2.34. The molecule has 0 aliphatic rings. The highest BCUT2D eigenvalue weighted by molar-refractivity contribution is 5.48. The summed E-state index contributed by atoms with van der Waals surface area (Å²) in [6, 6.07) is 2.37. The van der Waals surface area contributed by atoms with E-state index in [4.69, 9.17) is 0 Å². The van der Waals surface area contributed by atoms with E-state index >= 15 is 0 Å². The van der Waals surface area contributed by atoms with Crippen LogP contribution in [-0.2, 0) is 0 Å². The van der Waals surface area contributed by atoms with Gasteiger partial charge in [-0.1, -0.05) is 27.7 Å². The summed E-state index contributed by atoms with van der Waals surface area (Å²) < 4.78 is 0. The van der Waals surface area contributed by atoms with Crippen molar-refractivity contribution in [3.63, 3.8) is 0 Å². The molecule has 21 heavy (non-hydrogen) atoms. The summed E-state index contributed by atoms with van der Waals surface area (Å²) >= 11 is 0. The van der Waals surface area contributed by atoms with Crippen LogP contribution in [0.25, 0.3) is 0 Å². The van der Waals surface area contributed by atoms with Gasteiger partial charge in [-0.05, 0) is 26.4 Å². The van der Waals surface area contributed by atoms with Gasteiger partial charge in [0.05, 0.1) is 0 Å². The second-order valence-corrected chi connectivity index (χ2v) is 6.63. The van der Waals surface area contributed by atoms with E-state index in [1.807, 2.05) is 13.1 Å². The Balaban J connectivity index is 2.93. The molecule has 1 aromatic heterocycles. The van der Waals surface area contributed by atoms with Crippen molar-refractivity contribution < 1.29 is 0 Å². The van der Waals surface area contributed by atoms with Crippen LogP contribution in [-0.4, -0.2) is 48.6 Å². The van der Waals surface area contributed by atoms with Crippen molar-refractivity contribution in [2.45, 2.75) is 46.1 Å². The van der Waals surface area contributed by atoms with Gasteiger partial charge in [0.2, 0.25) is 0 Å². The molecule has 5 heteroatoms. The zero-order valence-electron chi connectivity index (χ0n) is 14.6. The summed E-state index contributed by atoms with van der Waals surface area (Å²) in [7, 11) is 6.10. The third-order valence-electron chi connectivity index (χ3n) is 3.21. The Bertz CT molecular complexity index is 419. The average Bonchev–Trinajstić information content (AvgIpc) is 2.36. The minimum absolute atomic E-state index is 0.316. The third-order valence-corrected chi connectivity index (χ3v) is 3.21. The molecule has 0 saturated heterocycles. The van der Waals surface area contributed by atoms with Gasteiger partial charge in [0.25, 0.3) is 0 Å². The molecule has 0 spiro atoms. The molecule has 0 aromatic carbocycles. The first-order chi connectivity index (χ1) is 9.81. The summed E-state index contributed by atoms with van der Waals surface area (Å²) in [5, 5.41) is 6.69. The third kappa shape index (κ3) is 6.29. The van der Waals surface area contributed by atoms with Crippen LogP contribution < -0.4 is 10.6 Å². The molecule has 0 radical (unpaired) electrons. The van der Waals surface area contributed by atoms with Crippen LogP contribution in [0.15, 0.2) is 6.07 Å². The molecule has 2 N–H and O–H groups in total. The van der Waals surface area contributed by atoms with Crippen molar-refractivity contribution in [3.05, 3.63) is 11.9 Å². The number of rotatable bonds is 8. The first-order valence-corrected chi connectivity index (χ1v) is 7.79. The molecular formula is C16H31N5. The Morgan fingerprint density at radius 2 is 1.71 bits per heavy atom. The van der Waals surface area contributed by atoms with E-state index in [-0.39, 0.29) is 0 Å². The van der Waals surface area contributed by atoms with Crippen molar-refractivity contribution in [2.75, 3.05) is 38.3 Å².